The largest absolute Gasteiger partial charge is 0.469 e. The molecule has 24 heavy (non-hydrogen) atoms. The van der Waals surface area contributed by atoms with Gasteiger partial charge in [0, 0.05) is 25.1 Å². The Morgan fingerprint density at radius 1 is 1.12 bits per heavy atom. The van der Waals surface area contributed by atoms with E-state index in [1.54, 1.807) is 18.2 Å². The van der Waals surface area contributed by atoms with Crippen molar-refractivity contribution >= 4 is 28.8 Å². The molecule has 126 valence electrons. The predicted molar refractivity (Wildman–Crippen MR) is 80.4 cm³/mol. The van der Waals surface area contributed by atoms with Gasteiger partial charge in [-0.15, -0.1) is 0 Å². The van der Waals surface area contributed by atoms with Crippen LogP contribution in [-0.2, 0) is 14.3 Å². The van der Waals surface area contributed by atoms with Crippen molar-refractivity contribution in [3.05, 3.63) is 23.8 Å². The monoisotopic (exact) mass is 332 g/mol. The van der Waals surface area contributed by atoms with Gasteiger partial charge in [-0.25, -0.2) is 9.64 Å². The zero-order chi connectivity index (χ0) is 17.1. The molecule has 1 aromatic heterocycles. The third-order valence-electron chi connectivity index (χ3n) is 3.82. The topological polar surface area (TPSA) is 106 Å². The summed E-state index contributed by atoms with van der Waals surface area (Å²) < 4.78 is 9.14. The molecule has 3 rings (SSSR count). The Kier molecular flexibility index (Phi) is 4.41. The second-order valence-electron chi connectivity index (χ2n) is 5.34. The Bertz CT molecular complexity index is 787. The van der Waals surface area contributed by atoms with Crippen molar-refractivity contribution < 1.29 is 23.7 Å². The second-order valence-corrected chi connectivity index (χ2v) is 5.34. The van der Waals surface area contributed by atoms with Gasteiger partial charge >= 0.3 is 5.97 Å². The van der Waals surface area contributed by atoms with Crippen LogP contribution in [0.3, 0.4) is 0 Å². The lowest BCUT2D eigenvalue weighted by Gasteiger charge is -2.27. The van der Waals surface area contributed by atoms with E-state index in [0.717, 1.165) is 0 Å². The van der Waals surface area contributed by atoms with E-state index in [1.807, 2.05) is 0 Å². The van der Waals surface area contributed by atoms with E-state index in [4.69, 9.17) is 0 Å². The SMILES string of the molecule is COC(=O)CCC(=O)N1CCCN1C(=O)c1ccc2nonc2c1. The Hall–Kier alpha value is -2.97. The molecule has 0 saturated carbocycles. The number of carbonyl (C=O) groups excluding carboxylic acids is 3. The Morgan fingerprint density at radius 2 is 1.88 bits per heavy atom. The number of esters is 1. The van der Waals surface area contributed by atoms with Crippen molar-refractivity contribution in [2.45, 2.75) is 19.3 Å². The zero-order valence-corrected chi connectivity index (χ0v) is 13.1. The van der Waals surface area contributed by atoms with Gasteiger partial charge in [-0.1, -0.05) is 0 Å². The first-order chi connectivity index (χ1) is 11.6. The maximum absolute atomic E-state index is 12.7. The number of nitrogens with zero attached hydrogens (tertiary/aromatic N) is 4. The molecule has 0 atom stereocenters. The van der Waals surface area contributed by atoms with Gasteiger partial charge in [-0.05, 0) is 34.9 Å². The molecular formula is C15H16N4O5. The van der Waals surface area contributed by atoms with Crippen LogP contribution >= 0.6 is 0 Å². The molecule has 1 aromatic carbocycles. The molecule has 0 bridgehead atoms. The normalized spacial score (nSPS) is 14.2. The summed E-state index contributed by atoms with van der Waals surface area (Å²) in [5.74, 6) is -1.04. The standard InChI is InChI=1S/C15H16N4O5/c1-23-14(21)6-5-13(20)18-7-2-8-19(18)15(22)10-3-4-11-12(9-10)17-24-16-11/h3-4,9H,2,5-8H2,1H3. The smallest absolute Gasteiger partial charge is 0.306 e. The Balaban J connectivity index is 1.73. The number of fused-ring (bicyclic) bond motifs is 1. The number of amides is 2. The van der Waals surface area contributed by atoms with Crippen LogP contribution in [0.5, 0.6) is 0 Å². The highest BCUT2D eigenvalue weighted by Gasteiger charge is 2.31. The first-order valence-electron chi connectivity index (χ1n) is 7.51. The van der Waals surface area contributed by atoms with Crippen molar-refractivity contribution in [3.8, 4) is 0 Å². The van der Waals surface area contributed by atoms with E-state index in [-0.39, 0.29) is 24.7 Å². The highest BCUT2D eigenvalue weighted by atomic mass is 16.6. The van der Waals surface area contributed by atoms with Crippen LogP contribution in [0.2, 0.25) is 0 Å². The van der Waals surface area contributed by atoms with E-state index >= 15 is 0 Å². The molecule has 1 aliphatic heterocycles. The molecule has 9 nitrogen and oxygen atoms in total. The number of ether oxygens (including phenoxy) is 1. The fraction of sp³-hybridized carbons (Fsp3) is 0.400. The van der Waals surface area contributed by atoms with Crippen molar-refractivity contribution in [2.75, 3.05) is 20.2 Å². The summed E-state index contributed by atoms with van der Waals surface area (Å²) in [4.78, 5) is 36.1. The second kappa shape index (κ2) is 6.65. The fourth-order valence-electron chi connectivity index (χ4n) is 2.59. The summed E-state index contributed by atoms with van der Waals surface area (Å²) in [6.45, 7) is 0.886. The van der Waals surface area contributed by atoms with Crippen LogP contribution in [0.25, 0.3) is 11.0 Å². The minimum absolute atomic E-state index is 0.00267. The number of hydrogen-bond donors (Lipinski definition) is 0. The van der Waals surface area contributed by atoms with Crippen molar-refractivity contribution in [3.63, 3.8) is 0 Å². The number of methoxy groups -OCH3 is 1. The van der Waals surface area contributed by atoms with E-state index in [2.05, 4.69) is 19.7 Å². The molecule has 0 unspecified atom stereocenters. The Labute approximate surface area is 137 Å². The average molecular weight is 332 g/mol. The van der Waals surface area contributed by atoms with E-state index in [0.29, 0.717) is 36.1 Å². The molecule has 2 aromatic rings. The van der Waals surface area contributed by atoms with Gasteiger partial charge in [-0.2, -0.15) is 0 Å². The maximum Gasteiger partial charge on any atom is 0.306 e. The predicted octanol–water partition coefficient (Wildman–Crippen LogP) is 0.765. The molecule has 1 saturated heterocycles. The van der Waals surface area contributed by atoms with E-state index in [1.165, 1.54) is 17.1 Å². The van der Waals surface area contributed by atoms with Crippen LogP contribution in [0.4, 0.5) is 0 Å². The van der Waals surface area contributed by atoms with E-state index in [9.17, 15) is 14.4 Å². The number of benzene rings is 1. The third-order valence-corrected chi connectivity index (χ3v) is 3.82. The lowest BCUT2D eigenvalue weighted by molar-refractivity contribution is -0.146. The number of carbonyl (C=O) groups is 3. The quantitative estimate of drug-likeness (QED) is 0.761. The van der Waals surface area contributed by atoms with E-state index < -0.39 is 5.97 Å². The molecule has 9 heteroatoms. The van der Waals surface area contributed by atoms with Gasteiger partial charge in [0.05, 0.1) is 13.5 Å². The third kappa shape index (κ3) is 3.05. The van der Waals surface area contributed by atoms with Crippen LogP contribution in [0.15, 0.2) is 22.8 Å². The molecular weight excluding hydrogens is 316 g/mol. The summed E-state index contributed by atoms with van der Waals surface area (Å²) in [5.41, 5.74) is 1.42. The minimum Gasteiger partial charge on any atom is -0.469 e. The van der Waals surface area contributed by atoms with Crippen molar-refractivity contribution in [1.82, 2.24) is 20.3 Å². The van der Waals surface area contributed by atoms with Gasteiger partial charge in [0.15, 0.2) is 0 Å². The molecule has 1 fully saturated rings. The molecule has 1 aliphatic rings. The van der Waals surface area contributed by atoms with Crippen molar-refractivity contribution in [2.24, 2.45) is 0 Å². The lowest BCUT2D eigenvalue weighted by atomic mass is 10.2. The van der Waals surface area contributed by atoms with Crippen LogP contribution in [0.1, 0.15) is 29.6 Å². The summed E-state index contributed by atoms with van der Waals surface area (Å²) in [7, 11) is 1.27. The van der Waals surface area contributed by atoms with Gasteiger partial charge < -0.3 is 4.74 Å². The number of aromatic nitrogens is 2. The van der Waals surface area contributed by atoms with Gasteiger partial charge in [0.2, 0.25) is 5.91 Å². The van der Waals surface area contributed by atoms with Crippen LogP contribution in [0, 0.1) is 0 Å². The molecule has 2 amide bonds. The molecule has 0 radical (unpaired) electrons. The van der Waals surface area contributed by atoms with Crippen LogP contribution in [-0.4, -0.2) is 58.3 Å². The molecule has 0 aliphatic carbocycles. The maximum atomic E-state index is 12.7. The molecule has 2 heterocycles. The first-order valence-corrected chi connectivity index (χ1v) is 7.51. The minimum atomic E-state index is -0.454. The average Bonchev–Trinajstić information content (AvgIpc) is 3.26. The summed E-state index contributed by atoms with van der Waals surface area (Å²) in [6, 6.07) is 4.83. The van der Waals surface area contributed by atoms with Gasteiger partial charge in [-0.3, -0.25) is 19.4 Å². The van der Waals surface area contributed by atoms with Crippen LogP contribution < -0.4 is 0 Å². The highest BCUT2D eigenvalue weighted by molar-refractivity contribution is 5.98. The Morgan fingerprint density at radius 3 is 2.67 bits per heavy atom. The number of hydrogen-bond acceptors (Lipinski definition) is 7. The lowest BCUT2D eigenvalue weighted by Crippen LogP contribution is -2.44. The number of rotatable bonds is 4. The fourth-order valence-corrected chi connectivity index (χ4v) is 2.59. The molecule has 0 N–H and O–H groups in total. The van der Waals surface area contributed by atoms with Gasteiger partial charge in [0.25, 0.3) is 5.91 Å². The van der Waals surface area contributed by atoms with Gasteiger partial charge in [0.1, 0.15) is 11.0 Å². The summed E-state index contributed by atoms with van der Waals surface area (Å²) in [6.07, 6.45) is 0.677. The zero-order valence-electron chi connectivity index (χ0n) is 13.1. The summed E-state index contributed by atoms with van der Waals surface area (Å²) >= 11 is 0. The summed E-state index contributed by atoms with van der Waals surface area (Å²) in [5, 5.41) is 10.2. The highest BCUT2D eigenvalue weighted by Crippen LogP contribution is 2.19. The molecule has 0 spiro atoms. The van der Waals surface area contributed by atoms with Crippen molar-refractivity contribution in [1.29, 1.82) is 0 Å². The number of hydrazine groups is 1. The first kappa shape index (κ1) is 15.9.